The summed E-state index contributed by atoms with van der Waals surface area (Å²) in [4.78, 5) is 17.9. The van der Waals surface area contributed by atoms with Gasteiger partial charge >= 0.3 is 5.82 Å². The van der Waals surface area contributed by atoms with Crippen LogP contribution >= 0.6 is 11.6 Å². The van der Waals surface area contributed by atoms with E-state index in [-0.39, 0.29) is 19.0 Å². The van der Waals surface area contributed by atoms with Gasteiger partial charge in [0, 0.05) is 29.9 Å². The van der Waals surface area contributed by atoms with Crippen molar-refractivity contribution < 1.29 is 10.0 Å². The number of hydrogen-bond donors (Lipinski definition) is 1. The Morgan fingerprint density at radius 3 is 2.08 bits per heavy atom. The van der Waals surface area contributed by atoms with Crippen LogP contribution in [0.3, 0.4) is 0 Å². The molecule has 2 aromatic heterocycles. The summed E-state index contributed by atoms with van der Waals surface area (Å²) in [5.41, 5.74) is 2.70. The molecule has 5 rings (SSSR count). The first-order valence-corrected chi connectivity index (χ1v) is 12.0. The van der Waals surface area contributed by atoms with Gasteiger partial charge in [0.05, 0.1) is 12.9 Å². The van der Waals surface area contributed by atoms with Crippen molar-refractivity contribution in [2.45, 2.75) is 19.0 Å². The average molecular weight is 516 g/mol. The van der Waals surface area contributed by atoms with Gasteiger partial charge in [-0.3, -0.25) is 0 Å². The van der Waals surface area contributed by atoms with Crippen LogP contribution in [0, 0.1) is 17.0 Å². The number of imidazole rings is 2. The molecule has 8 nitrogen and oxygen atoms in total. The molecule has 0 spiro atoms. The van der Waals surface area contributed by atoms with Crippen molar-refractivity contribution in [2.75, 3.05) is 6.61 Å². The number of nitrogens with zero attached hydrogens (tertiary/aromatic N) is 5. The first kappa shape index (κ1) is 25.8. The minimum absolute atomic E-state index is 0.0819. The standard InChI is InChI=1S/C22H17ClN2.C6H9N3O3/c23-21-14-8-7-13-20(21)22(25-16-15-24-17-25,18-9-3-1-4-10-18)19-11-5-2-6-12-19;1-5-7-4-6(9(11)12)8(5)2-3-10/h1-17H;4,10H,2-3H2,1H3. The summed E-state index contributed by atoms with van der Waals surface area (Å²) >= 11 is 6.69. The van der Waals surface area contributed by atoms with Gasteiger partial charge < -0.3 is 19.8 Å². The Hall–Kier alpha value is -4.27. The minimum Gasteiger partial charge on any atom is -0.392 e. The number of aryl methyl sites for hydroxylation is 1. The molecule has 0 radical (unpaired) electrons. The fourth-order valence-electron chi connectivity index (χ4n) is 4.46. The Morgan fingerprint density at radius 2 is 1.57 bits per heavy atom. The van der Waals surface area contributed by atoms with E-state index in [1.165, 1.54) is 10.8 Å². The molecule has 0 saturated carbocycles. The molecular weight excluding hydrogens is 490 g/mol. The summed E-state index contributed by atoms with van der Waals surface area (Å²) in [5, 5.41) is 19.7. The van der Waals surface area contributed by atoms with Gasteiger partial charge in [0.15, 0.2) is 5.82 Å². The molecule has 0 unspecified atom stereocenters. The van der Waals surface area contributed by atoms with Gasteiger partial charge in [0.25, 0.3) is 0 Å². The zero-order chi connectivity index (χ0) is 26.3. The predicted octanol–water partition coefficient (Wildman–Crippen LogP) is 5.47. The minimum atomic E-state index is -0.586. The van der Waals surface area contributed by atoms with Gasteiger partial charge in [-0.15, -0.1) is 0 Å². The molecular formula is C28H26ClN5O3. The molecule has 0 atom stereocenters. The molecule has 3 aromatic carbocycles. The Labute approximate surface area is 219 Å². The maximum Gasteiger partial charge on any atom is 0.342 e. The zero-order valence-corrected chi connectivity index (χ0v) is 20.9. The molecule has 5 aromatic rings. The fourth-order valence-corrected chi connectivity index (χ4v) is 4.74. The van der Waals surface area contributed by atoms with Gasteiger partial charge in [-0.25, -0.2) is 14.5 Å². The monoisotopic (exact) mass is 515 g/mol. The molecule has 0 aliphatic rings. The molecule has 0 fully saturated rings. The Morgan fingerprint density at radius 1 is 0.973 bits per heavy atom. The lowest BCUT2D eigenvalue weighted by Crippen LogP contribution is -2.37. The number of rotatable bonds is 7. The third kappa shape index (κ3) is 5.16. The van der Waals surface area contributed by atoms with E-state index in [2.05, 4.69) is 69.1 Å². The van der Waals surface area contributed by atoms with Crippen molar-refractivity contribution in [3.8, 4) is 0 Å². The van der Waals surface area contributed by atoms with E-state index in [1.807, 2.05) is 42.9 Å². The molecule has 9 heteroatoms. The summed E-state index contributed by atoms with van der Waals surface area (Å²) in [7, 11) is 0. The second kappa shape index (κ2) is 11.6. The van der Waals surface area contributed by atoms with E-state index >= 15 is 0 Å². The lowest BCUT2D eigenvalue weighted by atomic mass is 9.76. The smallest absolute Gasteiger partial charge is 0.342 e. The molecule has 0 saturated heterocycles. The number of hydrogen-bond acceptors (Lipinski definition) is 5. The van der Waals surface area contributed by atoms with Crippen LogP contribution in [0.2, 0.25) is 5.02 Å². The van der Waals surface area contributed by atoms with E-state index < -0.39 is 10.5 Å². The molecule has 0 aliphatic carbocycles. The molecule has 2 heterocycles. The fraction of sp³-hybridized carbons (Fsp3) is 0.143. The van der Waals surface area contributed by atoms with Crippen LogP contribution in [-0.4, -0.2) is 35.7 Å². The number of aromatic nitrogens is 4. The molecule has 1 N–H and O–H groups in total. The van der Waals surface area contributed by atoms with Crippen LogP contribution in [-0.2, 0) is 12.1 Å². The maximum atomic E-state index is 10.4. The largest absolute Gasteiger partial charge is 0.392 e. The second-order valence-electron chi connectivity index (χ2n) is 8.19. The third-order valence-corrected chi connectivity index (χ3v) is 6.41. The summed E-state index contributed by atoms with van der Waals surface area (Å²) in [6.07, 6.45) is 6.83. The van der Waals surface area contributed by atoms with Crippen molar-refractivity contribution in [3.05, 3.63) is 147 Å². The van der Waals surface area contributed by atoms with Gasteiger partial charge in [0.2, 0.25) is 0 Å². The summed E-state index contributed by atoms with van der Waals surface area (Å²) < 4.78 is 3.48. The summed E-state index contributed by atoms with van der Waals surface area (Å²) in [6.45, 7) is 1.74. The average Bonchev–Trinajstić information content (AvgIpc) is 3.59. The molecule has 0 aliphatic heterocycles. The quantitative estimate of drug-likeness (QED) is 0.176. The second-order valence-corrected chi connectivity index (χ2v) is 8.60. The first-order chi connectivity index (χ1) is 18.0. The van der Waals surface area contributed by atoms with E-state index in [4.69, 9.17) is 16.7 Å². The molecule has 0 amide bonds. The van der Waals surface area contributed by atoms with Crippen LogP contribution in [0.25, 0.3) is 0 Å². The van der Waals surface area contributed by atoms with Crippen LogP contribution in [0.4, 0.5) is 5.82 Å². The first-order valence-electron chi connectivity index (χ1n) is 11.6. The highest BCUT2D eigenvalue weighted by atomic mass is 35.5. The number of halogens is 1. The lowest BCUT2D eigenvalue weighted by molar-refractivity contribution is -0.392. The predicted molar refractivity (Wildman–Crippen MR) is 143 cm³/mol. The lowest BCUT2D eigenvalue weighted by Gasteiger charge is -2.37. The normalized spacial score (nSPS) is 11.0. The molecule has 0 bridgehead atoms. The van der Waals surface area contributed by atoms with Gasteiger partial charge in [-0.2, -0.15) is 0 Å². The third-order valence-electron chi connectivity index (χ3n) is 6.08. The topological polar surface area (TPSA) is 99.0 Å². The summed E-state index contributed by atoms with van der Waals surface area (Å²) in [5.74, 6) is 0.456. The Balaban J connectivity index is 0.000000225. The van der Waals surface area contributed by atoms with Gasteiger partial charge in [-0.1, -0.05) is 90.5 Å². The van der Waals surface area contributed by atoms with Crippen molar-refractivity contribution in [1.82, 2.24) is 19.1 Å². The molecule has 37 heavy (non-hydrogen) atoms. The highest BCUT2D eigenvalue weighted by molar-refractivity contribution is 6.31. The van der Waals surface area contributed by atoms with E-state index in [1.54, 1.807) is 13.1 Å². The van der Waals surface area contributed by atoms with Crippen molar-refractivity contribution in [2.24, 2.45) is 0 Å². The van der Waals surface area contributed by atoms with Crippen LogP contribution in [0.5, 0.6) is 0 Å². The number of aliphatic hydroxyl groups is 1. The molecule has 188 valence electrons. The highest BCUT2D eigenvalue weighted by Crippen LogP contribution is 2.43. The van der Waals surface area contributed by atoms with E-state index in [0.29, 0.717) is 5.82 Å². The van der Waals surface area contributed by atoms with Crippen LogP contribution in [0.15, 0.2) is 110 Å². The van der Waals surface area contributed by atoms with Gasteiger partial charge in [0.1, 0.15) is 18.3 Å². The van der Waals surface area contributed by atoms with E-state index in [0.717, 1.165) is 21.7 Å². The number of aliphatic hydroxyl groups excluding tert-OH is 1. The Bertz CT molecular complexity index is 1400. The van der Waals surface area contributed by atoms with Gasteiger partial charge in [-0.05, 0) is 22.1 Å². The number of benzene rings is 3. The van der Waals surface area contributed by atoms with Crippen molar-refractivity contribution in [1.29, 1.82) is 0 Å². The zero-order valence-electron chi connectivity index (χ0n) is 20.2. The van der Waals surface area contributed by atoms with Crippen molar-refractivity contribution in [3.63, 3.8) is 0 Å². The van der Waals surface area contributed by atoms with E-state index in [9.17, 15) is 10.1 Å². The van der Waals surface area contributed by atoms with Crippen LogP contribution < -0.4 is 0 Å². The Kier molecular flexibility index (Phi) is 8.12. The number of nitro groups is 1. The van der Waals surface area contributed by atoms with Crippen LogP contribution in [0.1, 0.15) is 22.5 Å². The van der Waals surface area contributed by atoms with Crippen molar-refractivity contribution >= 4 is 17.4 Å². The highest BCUT2D eigenvalue weighted by Gasteiger charge is 2.39. The maximum absolute atomic E-state index is 10.4. The SMILES string of the molecule is Cc1ncc([N+](=O)[O-])n1CCO.Clc1ccccc1C(c1ccccc1)(c1ccccc1)n1ccnc1. The summed E-state index contributed by atoms with van der Waals surface area (Å²) in [6, 6.07) is 28.8.